The molecule has 1 aromatic carbocycles. The van der Waals surface area contributed by atoms with Crippen LogP contribution in [0.1, 0.15) is 6.42 Å². The highest BCUT2D eigenvalue weighted by atomic mass is 16.5. The maximum atomic E-state index is 5.45. The summed E-state index contributed by atoms with van der Waals surface area (Å²) in [6.07, 6.45) is 4.57. The highest BCUT2D eigenvalue weighted by molar-refractivity contribution is 5.68. The van der Waals surface area contributed by atoms with Crippen molar-refractivity contribution in [2.24, 2.45) is 0 Å². The van der Waals surface area contributed by atoms with Crippen molar-refractivity contribution in [3.05, 3.63) is 54.9 Å². The number of ether oxygens (including phenoxy) is 1. The maximum Gasteiger partial charge on any atom is 0.225 e. The Balaban J connectivity index is 1.50. The minimum absolute atomic E-state index is 0.616. The van der Waals surface area contributed by atoms with Crippen LogP contribution in [0.4, 0.5) is 23.1 Å². The van der Waals surface area contributed by atoms with E-state index in [0.29, 0.717) is 5.95 Å². The van der Waals surface area contributed by atoms with E-state index in [2.05, 4.69) is 63.8 Å². The van der Waals surface area contributed by atoms with Crippen LogP contribution in [0, 0.1) is 0 Å². The van der Waals surface area contributed by atoms with Crippen molar-refractivity contribution >= 4 is 23.1 Å². The zero-order valence-corrected chi connectivity index (χ0v) is 18.8. The molecule has 2 N–H and O–H groups in total. The van der Waals surface area contributed by atoms with Crippen LogP contribution in [-0.2, 0) is 4.74 Å². The summed E-state index contributed by atoms with van der Waals surface area (Å²) in [5.41, 5.74) is 4.05. The van der Waals surface area contributed by atoms with Crippen molar-refractivity contribution in [1.82, 2.24) is 19.9 Å². The molecule has 3 heterocycles. The fraction of sp³-hybridized carbons (Fsp3) is 0.375. The van der Waals surface area contributed by atoms with E-state index in [1.54, 1.807) is 12.4 Å². The quantitative estimate of drug-likeness (QED) is 0.497. The van der Waals surface area contributed by atoms with Gasteiger partial charge in [0.05, 0.1) is 18.9 Å². The maximum absolute atomic E-state index is 5.45. The Morgan fingerprint density at radius 3 is 2.47 bits per heavy atom. The van der Waals surface area contributed by atoms with Crippen LogP contribution in [0.2, 0.25) is 0 Å². The van der Waals surface area contributed by atoms with E-state index in [1.807, 2.05) is 18.2 Å². The van der Waals surface area contributed by atoms with Gasteiger partial charge >= 0.3 is 0 Å². The average Bonchev–Trinajstić information content (AvgIpc) is 2.83. The minimum atomic E-state index is 0.616. The second kappa shape index (κ2) is 10.9. The molecule has 168 valence electrons. The number of rotatable bonds is 9. The molecule has 0 bridgehead atoms. The van der Waals surface area contributed by atoms with Gasteiger partial charge in [-0.2, -0.15) is 4.98 Å². The molecular formula is C24H31N7O. The van der Waals surface area contributed by atoms with E-state index in [1.165, 1.54) is 5.69 Å². The van der Waals surface area contributed by atoms with E-state index in [-0.39, 0.29) is 0 Å². The lowest BCUT2D eigenvalue weighted by atomic mass is 10.2. The highest BCUT2D eigenvalue weighted by Crippen LogP contribution is 2.25. The molecule has 1 saturated heterocycles. The van der Waals surface area contributed by atoms with Crippen molar-refractivity contribution in [1.29, 1.82) is 0 Å². The van der Waals surface area contributed by atoms with Gasteiger partial charge in [-0.25, -0.2) is 4.98 Å². The van der Waals surface area contributed by atoms with Crippen LogP contribution in [0.3, 0.4) is 0 Å². The molecule has 4 rings (SSSR count). The lowest BCUT2D eigenvalue weighted by molar-refractivity contribution is 0.122. The summed E-state index contributed by atoms with van der Waals surface area (Å²) >= 11 is 0. The molecule has 1 aliphatic rings. The lowest BCUT2D eigenvalue weighted by Crippen LogP contribution is -2.36. The van der Waals surface area contributed by atoms with Crippen molar-refractivity contribution in [2.45, 2.75) is 6.42 Å². The van der Waals surface area contributed by atoms with Crippen molar-refractivity contribution in [2.75, 3.05) is 69.0 Å². The summed E-state index contributed by atoms with van der Waals surface area (Å²) in [7, 11) is 4.15. The van der Waals surface area contributed by atoms with E-state index in [4.69, 9.17) is 14.7 Å². The first-order valence-electron chi connectivity index (χ1n) is 11.1. The van der Waals surface area contributed by atoms with Gasteiger partial charge in [0, 0.05) is 55.0 Å². The number of nitrogens with one attached hydrogen (secondary N) is 2. The molecule has 0 saturated carbocycles. The van der Waals surface area contributed by atoms with E-state index in [9.17, 15) is 0 Å². The van der Waals surface area contributed by atoms with Gasteiger partial charge in [-0.15, -0.1) is 0 Å². The lowest BCUT2D eigenvalue weighted by Gasteiger charge is -2.28. The Morgan fingerprint density at radius 1 is 1.00 bits per heavy atom. The topological polar surface area (TPSA) is 78.4 Å². The van der Waals surface area contributed by atoms with Crippen LogP contribution >= 0.6 is 0 Å². The molecule has 0 unspecified atom stereocenters. The van der Waals surface area contributed by atoms with Gasteiger partial charge in [-0.1, -0.05) is 0 Å². The van der Waals surface area contributed by atoms with Crippen LogP contribution in [-0.4, -0.2) is 73.3 Å². The van der Waals surface area contributed by atoms with Crippen LogP contribution in [0.5, 0.6) is 0 Å². The summed E-state index contributed by atoms with van der Waals surface area (Å²) < 4.78 is 5.45. The summed E-state index contributed by atoms with van der Waals surface area (Å²) in [5.74, 6) is 1.37. The molecule has 8 nitrogen and oxygen atoms in total. The zero-order valence-electron chi connectivity index (χ0n) is 18.8. The fourth-order valence-corrected chi connectivity index (χ4v) is 3.58. The van der Waals surface area contributed by atoms with Gasteiger partial charge in [0.2, 0.25) is 5.95 Å². The number of morpholine rings is 1. The molecule has 1 aliphatic heterocycles. The molecule has 1 fully saturated rings. The number of aromatic nitrogens is 3. The second-order valence-corrected chi connectivity index (χ2v) is 8.05. The molecule has 2 aromatic heterocycles. The molecule has 0 aliphatic carbocycles. The third-order valence-corrected chi connectivity index (χ3v) is 5.28. The Kier molecular flexibility index (Phi) is 7.47. The van der Waals surface area contributed by atoms with Crippen LogP contribution < -0.4 is 15.5 Å². The first-order chi connectivity index (χ1) is 15.7. The zero-order chi connectivity index (χ0) is 22.2. The van der Waals surface area contributed by atoms with Gasteiger partial charge < -0.3 is 25.2 Å². The number of pyridine rings is 1. The number of benzene rings is 1. The predicted octanol–water partition coefficient (Wildman–Crippen LogP) is 3.48. The van der Waals surface area contributed by atoms with Gasteiger partial charge in [-0.05, 0) is 63.5 Å². The average molecular weight is 434 g/mol. The SMILES string of the molecule is CN(C)CCCNc1nc(Nc2ccc(N3CCOCC3)cc2)cc(-c2ccncc2)n1. The van der Waals surface area contributed by atoms with Crippen molar-refractivity contribution < 1.29 is 4.74 Å². The number of nitrogens with zero attached hydrogens (tertiary/aromatic N) is 5. The Bertz CT molecular complexity index is 973. The third kappa shape index (κ3) is 6.15. The molecule has 32 heavy (non-hydrogen) atoms. The summed E-state index contributed by atoms with van der Waals surface area (Å²) in [5, 5.41) is 6.80. The molecule has 0 radical (unpaired) electrons. The number of hydrogen-bond acceptors (Lipinski definition) is 8. The predicted molar refractivity (Wildman–Crippen MR) is 130 cm³/mol. The van der Waals surface area contributed by atoms with E-state index in [0.717, 1.165) is 68.6 Å². The Morgan fingerprint density at radius 2 is 1.75 bits per heavy atom. The van der Waals surface area contributed by atoms with E-state index < -0.39 is 0 Å². The van der Waals surface area contributed by atoms with Gasteiger partial charge in [0.15, 0.2) is 0 Å². The first kappa shape index (κ1) is 22.0. The third-order valence-electron chi connectivity index (χ3n) is 5.28. The molecule has 3 aromatic rings. The molecule has 8 heteroatoms. The van der Waals surface area contributed by atoms with Crippen LogP contribution in [0.15, 0.2) is 54.9 Å². The van der Waals surface area contributed by atoms with E-state index >= 15 is 0 Å². The summed E-state index contributed by atoms with van der Waals surface area (Å²) in [4.78, 5) is 18.0. The Hall–Kier alpha value is -3.23. The first-order valence-corrected chi connectivity index (χ1v) is 11.1. The van der Waals surface area contributed by atoms with Gasteiger partial charge in [-0.3, -0.25) is 4.98 Å². The second-order valence-electron chi connectivity index (χ2n) is 8.05. The van der Waals surface area contributed by atoms with Crippen LogP contribution in [0.25, 0.3) is 11.3 Å². The Labute approximate surface area is 189 Å². The number of hydrogen-bond donors (Lipinski definition) is 2. The number of anilines is 4. The molecular weight excluding hydrogens is 402 g/mol. The summed E-state index contributed by atoms with van der Waals surface area (Å²) in [6.45, 7) is 5.24. The van der Waals surface area contributed by atoms with Crippen molar-refractivity contribution in [3.8, 4) is 11.3 Å². The van der Waals surface area contributed by atoms with Crippen molar-refractivity contribution in [3.63, 3.8) is 0 Å². The highest BCUT2D eigenvalue weighted by Gasteiger charge is 2.11. The normalized spacial score (nSPS) is 13.9. The largest absolute Gasteiger partial charge is 0.378 e. The molecule has 0 spiro atoms. The van der Waals surface area contributed by atoms with Gasteiger partial charge in [0.1, 0.15) is 5.82 Å². The molecule has 0 atom stereocenters. The fourth-order valence-electron chi connectivity index (χ4n) is 3.58. The smallest absolute Gasteiger partial charge is 0.225 e. The molecule has 0 amide bonds. The van der Waals surface area contributed by atoms with Gasteiger partial charge in [0.25, 0.3) is 0 Å². The minimum Gasteiger partial charge on any atom is -0.378 e. The summed E-state index contributed by atoms with van der Waals surface area (Å²) in [6, 6.07) is 14.3. The standard InChI is InChI=1S/C24H31N7O/c1-30(2)13-3-10-26-24-28-22(19-8-11-25-12-9-19)18-23(29-24)27-20-4-6-21(7-5-20)31-14-16-32-17-15-31/h4-9,11-12,18H,3,10,13-17H2,1-2H3,(H2,26,27,28,29). The monoisotopic (exact) mass is 433 g/mol.